The van der Waals surface area contributed by atoms with Gasteiger partial charge in [0, 0.05) is 0 Å². The molecule has 0 amide bonds. The first kappa shape index (κ1) is 9.41. The van der Waals surface area contributed by atoms with E-state index in [0.29, 0.717) is 5.65 Å². The van der Waals surface area contributed by atoms with Gasteiger partial charge in [0.2, 0.25) is 0 Å². The van der Waals surface area contributed by atoms with Gasteiger partial charge < -0.3 is 0 Å². The highest BCUT2D eigenvalue weighted by Gasteiger charge is 2.03. The van der Waals surface area contributed by atoms with Gasteiger partial charge in [0.1, 0.15) is 11.8 Å². The van der Waals surface area contributed by atoms with Crippen molar-refractivity contribution in [3.8, 4) is 0 Å². The van der Waals surface area contributed by atoms with Crippen molar-refractivity contribution in [3.05, 3.63) is 48.9 Å². The van der Waals surface area contributed by atoms with Gasteiger partial charge in [0.15, 0.2) is 5.65 Å². The smallest absolute Gasteiger partial charge is 0.181 e. The van der Waals surface area contributed by atoms with Crippen LogP contribution in [0.4, 0.5) is 0 Å². The fourth-order valence-corrected chi connectivity index (χ4v) is 2.12. The Morgan fingerprint density at radius 1 is 0.778 bits per heavy atom. The van der Waals surface area contributed by atoms with E-state index in [1.54, 1.807) is 6.20 Å². The maximum atomic E-state index is 4.54. The molecule has 4 aromatic rings. The zero-order valence-electron chi connectivity index (χ0n) is 9.41. The molecular formula is C14H8N4. The number of aromatic nitrogens is 4. The molecule has 0 unspecified atom stereocenters. The number of benzene rings is 2. The molecule has 4 heteroatoms. The van der Waals surface area contributed by atoms with E-state index in [1.807, 2.05) is 24.3 Å². The van der Waals surface area contributed by atoms with Crippen molar-refractivity contribution in [2.24, 2.45) is 0 Å². The van der Waals surface area contributed by atoms with Crippen LogP contribution in [-0.4, -0.2) is 19.9 Å². The fraction of sp³-hybridized carbons (Fsp3) is 0. The Kier molecular flexibility index (Phi) is 1.80. The minimum Gasteiger partial charge on any atom is -0.242 e. The lowest BCUT2D eigenvalue weighted by Crippen LogP contribution is -1.91. The summed E-state index contributed by atoms with van der Waals surface area (Å²) in [6.07, 6.45) is 3.17. The quantitative estimate of drug-likeness (QED) is 0.437. The van der Waals surface area contributed by atoms with Gasteiger partial charge in [-0.15, -0.1) is 0 Å². The Bertz CT molecular complexity index is 742. The number of rotatable bonds is 0. The number of hydrogen-bond acceptors (Lipinski definition) is 4. The molecule has 0 saturated heterocycles. The SMILES string of the molecule is c1ccc2cc3nc4ncncc4nc3cc2c1. The van der Waals surface area contributed by atoms with Gasteiger partial charge in [-0.1, -0.05) is 24.3 Å². The molecule has 0 saturated carbocycles. The maximum absolute atomic E-state index is 4.54. The molecule has 0 N–H and O–H groups in total. The molecule has 0 aliphatic carbocycles. The van der Waals surface area contributed by atoms with E-state index in [9.17, 15) is 0 Å². The molecule has 18 heavy (non-hydrogen) atoms. The highest BCUT2D eigenvalue weighted by molar-refractivity contribution is 5.96. The molecule has 0 aliphatic heterocycles. The second kappa shape index (κ2) is 3.43. The van der Waals surface area contributed by atoms with Crippen LogP contribution in [0, 0.1) is 0 Å². The van der Waals surface area contributed by atoms with Gasteiger partial charge in [0.25, 0.3) is 0 Å². The number of hydrogen-bond donors (Lipinski definition) is 0. The third-order valence-corrected chi connectivity index (χ3v) is 2.98. The van der Waals surface area contributed by atoms with Gasteiger partial charge in [0.05, 0.1) is 17.2 Å². The predicted molar refractivity (Wildman–Crippen MR) is 70.1 cm³/mol. The Morgan fingerprint density at radius 2 is 1.50 bits per heavy atom. The summed E-state index contributed by atoms with van der Waals surface area (Å²) in [5, 5.41) is 2.32. The van der Waals surface area contributed by atoms with E-state index in [-0.39, 0.29) is 0 Å². The number of nitrogens with zero attached hydrogens (tertiary/aromatic N) is 4. The minimum absolute atomic E-state index is 0.632. The fourth-order valence-electron chi connectivity index (χ4n) is 2.12. The summed E-state index contributed by atoms with van der Waals surface area (Å²) in [7, 11) is 0. The van der Waals surface area contributed by atoms with Crippen LogP contribution >= 0.6 is 0 Å². The monoisotopic (exact) mass is 232 g/mol. The van der Waals surface area contributed by atoms with Crippen LogP contribution in [0.2, 0.25) is 0 Å². The van der Waals surface area contributed by atoms with E-state index < -0.39 is 0 Å². The van der Waals surface area contributed by atoms with Gasteiger partial charge in [-0.3, -0.25) is 0 Å². The summed E-state index contributed by atoms with van der Waals surface area (Å²) in [4.78, 5) is 17.1. The summed E-state index contributed by atoms with van der Waals surface area (Å²) in [6.45, 7) is 0. The summed E-state index contributed by atoms with van der Waals surface area (Å²) >= 11 is 0. The van der Waals surface area contributed by atoms with E-state index in [4.69, 9.17) is 0 Å². The molecule has 0 atom stereocenters. The lowest BCUT2D eigenvalue weighted by molar-refractivity contribution is 1.17. The van der Waals surface area contributed by atoms with Crippen molar-refractivity contribution >= 4 is 33.0 Å². The minimum atomic E-state index is 0.632. The summed E-state index contributed by atoms with van der Waals surface area (Å²) in [6, 6.07) is 12.3. The summed E-state index contributed by atoms with van der Waals surface area (Å²) < 4.78 is 0. The second-order valence-corrected chi connectivity index (χ2v) is 4.14. The largest absolute Gasteiger partial charge is 0.242 e. The first-order valence-corrected chi connectivity index (χ1v) is 5.66. The van der Waals surface area contributed by atoms with E-state index in [0.717, 1.165) is 27.3 Å². The van der Waals surface area contributed by atoms with Gasteiger partial charge >= 0.3 is 0 Å². The first-order valence-electron chi connectivity index (χ1n) is 5.66. The van der Waals surface area contributed by atoms with E-state index >= 15 is 0 Å². The van der Waals surface area contributed by atoms with Crippen LogP contribution < -0.4 is 0 Å². The van der Waals surface area contributed by atoms with Crippen molar-refractivity contribution in [1.82, 2.24) is 19.9 Å². The molecule has 2 heterocycles. The molecule has 0 aliphatic rings. The molecule has 0 bridgehead atoms. The third-order valence-electron chi connectivity index (χ3n) is 2.98. The summed E-state index contributed by atoms with van der Waals surface area (Å²) in [5.41, 5.74) is 3.09. The molecule has 4 nitrogen and oxygen atoms in total. The Morgan fingerprint density at radius 3 is 2.28 bits per heavy atom. The van der Waals surface area contributed by atoms with Crippen LogP contribution in [0.5, 0.6) is 0 Å². The number of fused-ring (bicyclic) bond motifs is 3. The third kappa shape index (κ3) is 1.32. The van der Waals surface area contributed by atoms with Crippen LogP contribution in [-0.2, 0) is 0 Å². The van der Waals surface area contributed by atoms with Crippen molar-refractivity contribution < 1.29 is 0 Å². The predicted octanol–water partition coefficient (Wildman–Crippen LogP) is 2.73. The Balaban J connectivity index is 2.20. The average Bonchev–Trinajstić information content (AvgIpc) is 2.42. The van der Waals surface area contributed by atoms with E-state index in [1.165, 1.54) is 6.33 Å². The van der Waals surface area contributed by atoms with Crippen LogP contribution in [0.15, 0.2) is 48.9 Å². The highest BCUT2D eigenvalue weighted by Crippen LogP contribution is 2.21. The zero-order valence-corrected chi connectivity index (χ0v) is 9.41. The van der Waals surface area contributed by atoms with Gasteiger partial charge in [-0.25, -0.2) is 19.9 Å². The van der Waals surface area contributed by atoms with Crippen molar-refractivity contribution in [1.29, 1.82) is 0 Å². The van der Waals surface area contributed by atoms with Crippen LogP contribution in [0.1, 0.15) is 0 Å². The molecular weight excluding hydrogens is 224 g/mol. The van der Waals surface area contributed by atoms with Gasteiger partial charge in [-0.05, 0) is 22.9 Å². The maximum Gasteiger partial charge on any atom is 0.181 e. The normalized spacial score (nSPS) is 11.3. The second-order valence-electron chi connectivity index (χ2n) is 4.14. The van der Waals surface area contributed by atoms with Crippen molar-refractivity contribution in [2.75, 3.05) is 0 Å². The summed E-state index contributed by atoms with van der Waals surface area (Å²) in [5.74, 6) is 0. The molecule has 0 radical (unpaired) electrons. The molecule has 2 aromatic heterocycles. The Labute approximate surface area is 102 Å². The average molecular weight is 232 g/mol. The van der Waals surface area contributed by atoms with Crippen molar-refractivity contribution in [3.63, 3.8) is 0 Å². The van der Waals surface area contributed by atoms with Crippen LogP contribution in [0.3, 0.4) is 0 Å². The van der Waals surface area contributed by atoms with Crippen LogP contribution in [0.25, 0.3) is 33.0 Å². The molecule has 0 fully saturated rings. The Hall–Kier alpha value is -2.62. The molecule has 84 valence electrons. The lowest BCUT2D eigenvalue weighted by atomic mass is 10.1. The van der Waals surface area contributed by atoms with Crippen molar-refractivity contribution in [2.45, 2.75) is 0 Å². The topological polar surface area (TPSA) is 51.6 Å². The van der Waals surface area contributed by atoms with E-state index in [2.05, 4.69) is 32.1 Å². The molecule has 2 aromatic carbocycles. The molecule has 4 rings (SSSR count). The van der Waals surface area contributed by atoms with Gasteiger partial charge in [-0.2, -0.15) is 0 Å². The molecule has 0 spiro atoms. The standard InChI is InChI=1S/C14H8N4/c1-2-4-10-6-12-11(5-9(10)3-1)17-13-7-15-8-16-14(13)18-12/h1-8H. The first-order chi connectivity index (χ1) is 8.90. The highest BCUT2D eigenvalue weighted by atomic mass is 14.9. The zero-order chi connectivity index (χ0) is 11.9. The lowest BCUT2D eigenvalue weighted by Gasteiger charge is -2.02.